The summed E-state index contributed by atoms with van der Waals surface area (Å²) in [4.78, 5) is 13.6. The molecule has 1 heterocycles. The molecule has 0 fully saturated rings. The fourth-order valence-corrected chi connectivity index (χ4v) is 2.42. The van der Waals surface area contributed by atoms with E-state index in [2.05, 4.69) is 41.0 Å². The Hall–Kier alpha value is -1.49. The number of aryl methyl sites for hydroxylation is 1. The summed E-state index contributed by atoms with van der Waals surface area (Å²) in [6, 6.07) is 0.283. The van der Waals surface area contributed by atoms with Crippen molar-refractivity contribution in [3.8, 4) is 0 Å². The molecule has 0 saturated carbocycles. The molecular formula is C16H26N4O. The Labute approximate surface area is 126 Å². The largest absolute Gasteiger partial charge is 0.389 e. The van der Waals surface area contributed by atoms with Crippen LogP contribution in [0.4, 0.5) is 5.95 Å². The van der Waals surface area contributed by atoms with Gasteiger partial charge in [-0.1, -0.05) is 13.3 Å². The normalized spacial score (nSPS) is 18.7. The number of aromatic nitrogens is 3. The van der Waals surface area contributed by atoms with Crippen molar-refractivity contribution < 1.29 is 5.11 Å². The zero-order valence-corrected chi connectivity index (χ0v) is 13.3. The van der Waals surface area contributed by atoms with Gasteiger partial charge in [0.15, 0.2) is 5.82 Å². The van der Waals surface area contributed by atoms with Crippen LogP contribution < -0.4 is 5.32 Å². The Balaban J connectivity index is 2.29. The monoisotopic (exact) mass is 290 g/mol. The van der Waals surface area contributed by atoms with E-state index in [4.69, 9.17) is 0 Å². The maximum absolute atomic E-state index is 9.80. The third-order valence-corrected chi connectivity index (χ3v) is 3.48. The van der Waals surface area contributed by atoms with E-state index in [9.17, 15) is 5.11 Å². The maximum Gasteiger partial charge on any atom is 0.226 e. The SMILES string of the molecule is CCCCc1nc(NC(C)C)nc(C2=C[C@@H](O)CCC2)n1. The van der Waals surface area contributed by atoms with Crippen molar-refractivity contribution in [1.29, 1.82) is 0 Å². The summed E-state index contributed by atoms with van der Waals surface area (Å²) in [6.07, 6.45) is 7.32. The Bertz CT molecular complexity index is 499. The molecule has 5 nitrogen and oxygen atoms in total. The van der Waals surface area contributed by atoms with Crippen LogP contribution in [-0.4, -0.2) is 32.2 Å². The minimum atomic E-state index is -0.369. The number of allylic oxidation sites excluding steroid dienone is 1. The molecule has 5 heteroatoms. The first-order chi connectivity index (χ1) is 10.1. The predicted molar refractivity (Wildman–Crippen MR) is 85.0 cm³/mol. The molecule has 1 aromatic heterocycles. The third-order valence-electron chi connectivity index (χ3n) is 3.48. The van der Waals surface area contributed by atoms with Crippen LogP contribution in [0, 0.1) is 0 Å². The second-order valence-electron chi connectivity index (χ2n) is 5.95. The van der Waals surface area contributed by atoms with Crippen LogP contribution in [0.3, 0.4) is 0 Å². The highest BCUT2D eigenvalue weighted by Crippen LogP contribution is 2.25. The van der Waals surface area contributed by atoms with E-state index in [1.54, 1.807) is 0 Å². The van der Waals surface area contributed by atoms with Crippen LogP contribution in [-0.2, 0) is 6.42 Å². The average molecular weight is 290 g/mol. The molecule has 1 atom stereocenters. The van der Waals surface area contributed by atoms with Crippen LogP contribution in [0.5, 0.6) is 0 Å². The van der Waals surface area contributed by atoms with Crippen molar-refractivity contribution in [1.82, 2.24) is 15.0 Å². The van der Waals surface area contributed by atoms with Crippen molar-refractivity contribution in [2.75, 3.05) is 5.32 Å². The van der Waals surface area contributed by atoms with Crippen LogP contribution in [0.25, 0.3) is 5.57 Å². The van der Waals surface area contributed by atoms with Gasteiger partial charge in [-0.25, -0.2) is 4.98 Å². The molecule has 1 aromatic rings. The first-order valence-corrected chi connectivity index (χ1v) is 7.99. The van der Waals surface area contributed by atoms with Crippen molar-refractivity contribution in [3.05, 3.63) is 17.7 Å². The number of rotatable bonds is 6. The van der Waals surface area contributed by atoms with Crippen molar-refractivity contribution in [2.24, 2.45) is 0 Å². The molecule has 2 N–H and O–H groups in total. The Morgan fingerprint density at radius 3 is 2.81 bits per heavy atom. The van der Waals surface area contributed by atoms with E-state index in [1.807, 2.05) is 6.08 Å². The summed E-state index contributed by atoms with van der Waals surface area (Å²) in [5, 5.41) is 13.1. The van der Waals surface area contributed by atoms with Crippen LogP contribution in [0.15, 0.2) is 6.08 Å². The van der Waals surface area contributed by atoms with Gasteiger partial charge in [-0.05, 0) is 51.2 Å². The van der Waals surface area contributed by atoms with E-state index in [-0.39, 0.29) is 12.1 Å². The molecule has 21 heavy (non-hydrogen) atoms. The van der Waals surface area contributed by atoms with E-state index in [0.717, 1.165) is 55.7 Å². The summed E-state index contributed by atoms with van der Waals surface area (Å²) >= 11 is 0. The summed E-state index contributed by atoms with van der Waals surface area (Å²) in [5.41, 5.74) is 1.04. The zero-order chi connectivity index (χ0) is 15.2. The summed E-state index contributed by atoms with van der Waals surface area (Å²) in [7, 11) is 0. The number of nitrogens with one attached hydrogen (secondary N) is 1. The quantitative estimate of drug-likeness (QED) is 0.843. The van der Waals surface area contributed by atoms with Crippen LogP contribution in [0.1, 0.15) is 64.5 Å². The van der Waals surface area contributed by atoms with Gasteiger partial charge in [0.25, 0.3) is 0 Å². The van der Waals surface area contributed by atoms with Crippen molar-refractivity contribution in [2.45, 2.75) is 71.4 Å². The fourth-order valence-electron chi connectivity index (χ4n) is 2.42. The van der Waals surface area contributed by atoms with Gasteiger partial charge in [-0.3, -0.25) is 0 Å². The van der Waals surface area contributed by atoms with Gasteiger partial charge in [-0.15, -0.1) is 0 Å². The minimum Gasteiger partial charge on any atom is -0.389 e. The number of aliphatic hydroxyl groups is 1. The van der Waals surface area contributed by atoms with Gasteiger partial charge < -0.3 is 10.4 Å². The molecule has 0 aromatic carbocycles. The molecule has 1 aliphatic carbocycles. The molecule has 0 radical (unpaired) electrons. The first-order valence-electron chi connectivity index (χ1n) is 7.99. The third kappa shape index (κ3) is 4.77. The fraction of sp³-hybridized carbons (Fsp3) is 0.688. The van der Waals surface area contributed by atoms with E-state index < -0.39 is 0 Å². The average Bonchev–Trinajstić information content (AvgIpc) is 2.44. The van der Waals surface area contributed by atoms with Gasteiger partial charge >= 0.3 is 0 Å². The Morgan fingerprint density at radius 1 is 1.33 bits per heavy atom. The predicted octanol–water partition coefficient (Wildman–Crippen LogP) is 2.96. The van der Waals surface area contributed by atoms with Crippen LogP contribution in [0.2, 0.25) is 0 Å². The summed E-state index contributed by atoms with van der Waals surface area (Å²) < 4.78 is 0. The van der Waals surface area contributed by atoms with E-state index in [0.29, 0.717) is 5.95 Å². The van der Waals surface area contributed by atoms with Gasteiger partial charge in [0, 0.05) is 12.5 Å². The lowest BCUT2D eigenvalue weighted by molar-refractivity contribution is 0.206. The topological polar surface area (TPSA) is 70.9 Å². The number of hydrogen-bond acceptors (Lipinski definition) is 5. The highest BCUT2D eigenvalue weighted by Gasteiger charge is 2.16. The van der Waals surface area contributed by atoms with Gasteiger partial charge in [0.05, 0.1) is 6.10 Å². The summed E-state index contributed by atoms with van der Waals surface area (Å²) in [5.74, 6) is 2.20. The Morgan fingerprint density at radius 2 is 2.14 bits per heavy atom. The molecule has 2 rings (SSSR count). The number of nitrogens with zero attached hydrogens (tertiary/aromatic N) is 3. The second-order valence-corrected chi connectivity index (χ2v) is 5.95. The Kier molecular flexibility index (Phi) is 5.67. The maximum atomic E-state index is 9.80. The van der Waals surface area contributed by atoms with Gasteiger partial charge in [0.1, 0.15) is 5.82 Å². The first kappa shape index (κ1) is 15.9. The lowest BCUT2D eigenvalue weighted by Gasteiger charge is -2.17. The van der Waals surface area contributed by atoms with Crippen LogP contribution >= 0.6 is 0 Å². The molecule has 0 aliphatic heterocycles. The number of aliphatic hydroxyl groups excluding tert-OH is 1. The second kappa shape index (κ2) is 7.50. The minimum absolute atomic E-state index is 0.283. The smallest absolute Gasteiger partial charge is 0.226 e. The lowest BCUT2D eigenvalue weighted by Crippen LogP contribution is -2.17. The zero-order valence-electron chi connectivity index (χ0n) is 13.3. The van der Waals surface area contributed by atoms with Crippen molar-refractivity contribution >= 4 is 11.5 Å². The highest BCUT2D eigenvalue weighted by molar-refractivity contribution is 5.61. The van der Waals surface area contributed by atoms with E-state index >= 15 is 0 Å². The van der Waals surface area contributed by atoms with Gasteiger partial charge in [0.2, 0.25) is 5.95 Å². The molecule has 0 saturated heterocycles. The summed E-state index contributed by atoms with van der Waals surface area (Å²) in [6.45, 7) is 6.30. The molecule has 0 unspecified atom stereocenters. The molecular weight excluding hydrogens is 264 g/mol. The molecule has 0 bridgehead atoms. The number of hydrogen-bond donors (Lipinski definition) is 2. The molecule has 116 valence electrons. The number of unbranched alkanes of at least 4 members (excludes halogenated alkanes) is 1. The lowest BCUT2D eigenvalue weighted by atomic mass is 9.97. The van der Waals surface area contributed by atoms with Gasteiger partial charge in [-0.2, -0.15) is 9.97 Å². The highest BCUT2D eigenvalue weighted by atomic mass is 16.3. The standard InChI is InChI=1S/C16H26N4O/c1-4-5-9-14-18-15(12-7-6-8-13(21)10-12)20-16(19-14)17-11(2)3/h10-11,13,21H,4-9H2,1-3H3,(H,17,18,19,20)/t13-/m0/s1. The molecule has 1 aliphatic rings. The number of anilines is 1. The molecule has 0 spiro atoms. The van der Waals surface area contributed by atoms with Crippen molar-refractivity contribution in [3.63, 3.8) is 0 Å². The van der Waals surface area contributed by atoms with E-state index in [1.165, 1.54) is 0 Å². The molecule has 0 amide bonds.